The van der Waals surface area contributed by atoms with E-state index in [9.17, 15) is 19.0 Å². The number of unbranched alkanes of at least 4 members (excludes halogenated alkanes) is 26. The molecule has 0 aliphatic heterocycles. The quantitative estimate of drug-likeness (QED) is 0.0215. The molecule has 0 saturated carbocycles. The van der Waals surface area contributed by atoms with Crippen LogP contribution in [0.5, 0.6) is 0 Å². The van der Waals surface area contributed by atoms with Crippen LogP contribution in [0, 0.1) is 0 Å². The van der Waals surface area contributed by atoms with Crippen molar-refractivity contribution in [2.75, 3.05) is 47.5 Å². The van der Waals surface area contributed by atoms with Crippen molar-refractivity contribution in [2.45, 2.75) is 200 Å². The molecule has 0 heterocycles. The van der Waals surface area contributed by atoms with Gasteiger partial charge < -0.3 is 18.9 Å². The molecule has 0 saturated heterocycles. The zero-order valence-corrected chi connectivity index (χ0v) is 36.6. The SMILES string of the molecule is CCCCCCCCCCCCCCC/C=C/C(=O)OCC(COP(=O)(O)OCC[N+](C)(C)C)OC(=O)/C=C/CCCCCCCCCCCCCCC. The molecule has 1 N–H and O–H groups in total. The Bertz CT molecular complexity index is 980. The summed E-state index contributed by atoms with van der Waals surface area (Å²) in [7, 11) is 1.43. The number of nitrogens with zero attached hydrogens (tertiary/aromatic N) is 1. The van der Waals surface area contributed by atoms with Crippen LogP contribution in [0.4, 0.5) is 0 Å². The Labute approximate surface area is 332 Å². The zero-order chi connectivity index (χ0) is 40.0. The first kappa shape index (κ1) is 52.5. The van der Waals surface area contributed by atoms with Crippen LogP contribution >= 0.6 is 7.82 Å². The van der Waals surface area contributed by atoms with Gasteiger partial charge in [-0.3, -0.25) is 9.05 Å². The number of carbonyl (C=O) groups is 2. The molecule has 10 heteroatoms. The molecule has 0 radical (unpaired) electrons. The number of hydrogen-bond donors (Lipinski definition) is 1. The Morgan fingerprint density at radius 3 is 1.31 bits per heavy atom. The summed E-state index contributed by atoms with van der Waals surface area (Å²) in [5.74, 6) is -1.18. The molecule has 0 fully saturated rings. The number of likely N-dealkylation sites (N-methyl/N-ethyl adjacent to an activating group) is 1. The summed E-state index contributed by atoms with van der Waals surface area (Å²) >= 11 is 0. The average Bonchev–Trinajstić information content (AvgIpc) is 3.12. The second kappa shape index (κ2) is 37.1. The summed E-state index contributed by atoms with van der Waals surface area (Å²) in [4.78, 5) is 35.1. The van der Waals surface area contributed by atoms with Crippen molar-refractivity contribution in [3.8, 4) is 0 Å². The number of rotatable bonds is 40. The number of phosphoric ester groups is 1. The van der Waals surface area contributed by atoms with Crippen LogP contribution in [-0.4, -0.2) is 74.9 Å². The number of phosphoric acid groups is 1. The Balaban J connectivity index is 4.45. The Kier molecular flexibility index (Phi) is 36.1. The number of quaternary nitrogens is 1. The van der Waals surface area contributed by atoms with Crippen molar-refractivity contribution in [2.24, 2.45) is 0 Å². The lowest BCUT2D eigenvalue weighted by Gasteiger charge is -2.24. The highest BCUT2D eigenvalue weighted by atomic mass is 31.2. The second-order valence-electron chi connectivity index (χ2n) is 16.2. The van der Waals surface area contributed by atoms with Gasteiger partial charge in [-0.2, -0.15) is 0 Å². The Morgan fingerprint density at radius 1 is 0.556 bits per heavy atom. The van der Waals surface area contributed by atoms with Crippen LogP contribution in [-0.2, 0) is 32.7 Å². The molecule has 0 aromatic rings. The minimum atomic E-state index is -4.40. The minimum Gasteiger partial charge on any atom is -0.458 e. The summed E-state index contributed by atoms with van der Waals surface area (Å²) in [6.45, 7) is 4.27. The van der Waals surface area contributed by atoms with Crippen LogP contribution in [0.15, 0.2) is 24.3 Å². The van der Waals surface area contributed by atoms with E-state index in [4.69, 9.17) is 18.5 Å². The number of ether oxygens (including phenoxy) is 2. The van der Waals surface area contributed by atoms with Gasteiger partial charge in [0.25, 0.3) is 0 Å². The molecule has 0 aromatic heterocycles. The highest BCUT2D eigenvalue weighted by molar-refractivity contribution is 7.47. The second-order valence-corrected chi connectivity index (χ2v) is 17.6. The molecule has 318 valence electrons. The molecular weight excluding hydrogens is 701 g/mol. The highest BCUT2D eigenvalue weighted by Gasteiger charge is 2.26. The largest absolute Gasteiger partial charge is 0.472 e. The summed E-state index contributed by atoms with van der Waals surface area (Å²) in [6.07, 6.45) is 40.3. The van der Waals surface area contributed by atoms with E-state index < -0.39 is 32.5 Å². The molecule has 0 amide bonds. The van der Waals surface area contributed by atoms with Crippen molar-refractivity contribution in [1.82, 2.24) is 0 Å². The molecule has 9 nitrogen and oxygen atoms in total. The zero-order valence-electron chi connectivity index (χ0n) is 35.7. The van der Waals surface area contributed by atoms with E-state index in [0.717, 1.165) is 38.5 Å². The maximum absolute atomic E-state index is 12.6. The first-order valence-electron chi connectivity index (χ1n) is 22.1. The number of allylic oxidation sites excluding steroid dienone is 2. The Morgan fingerprint density at radius 2 is 0.926 bits per heavy atom. The van der Waals surface area contributed by atoms with Crippen molar-refractivity contribution >= 4 is 19.8 Å². The number of hydrogen-bond acceptors (Lipinski definition) is 7. The maximum Gasteiger partial charge on any atom is 0.472 e. The van der Waals surface area contributed by atoms with Crippen molar-refractivity contribution in [3.05, 3.63) is 24.3 Å². The van der Waals surface area contributed by atoms with Gasteiger partial charge in [-0.25, -0.2) is 14.2 Å². The summed E-state index contributed by atoms with van der Waals surface area (Å²) in [5, 5.41) is 0. The summed E-state index contributed by atoms with van der Waals surface area (Å²) in [5.41, 5.74) is 0. The minimum absolute atomic E-state index is 0.0166. The van der Waals surface area contributed by atoms with E-state index in [1.807, 2.05) is 21.1 Å². The van der Waals surface area contributed by atoms with Gasteiger partial charge in [-0.05, 0) is 25.7 Å². The molecule has 0 bridgehead atoms. The standard InChI is InChI=1S/C44H84NO8P/c1-6-8-10-12-14-16-18-20-22-24-26-28-30-32-34-36-43(46)50-40-42(41-52-54(48,49)51-39-38-45(3,4)5)53-44(47)37-35-33-31-29-27-25-23-21-19-17-15-13-11-9-7-2/h34-37,42H,6-33,38-41H2,1-5H3/p+1/b36-34+,37-35+. The van der Waals surface area contributed by atoms with Gasteiger partial charge in [0.15, 0.2) is 6.10 Å². The third kappa shape index (κ3) is 40.2. The smallest absolute Gasteiger partial charge is 0.458 e. The van der Waals surface area contributed by atoms with Gasteiger partial charge in [-0.15, -0.1) is 0 Å². The van der Waals surface area contributed by atoms with Crippen molar-refractivity contribution in [3.63, 3.8) is 0 Å². The molecule has 0 spiro atoms. The molecule has 0 aliphatic rings. The predicted octanol–water partition coefficient (Wildman–Crippen LogP) is 12.4. The van der Waals surface area contributed by atoms with Gasteiger partial charge in [0, 0.05) is 12.2 Å². The molecule has 0 aliphatic carbocycles. The topological polar surface area (TPSA) is 108 Å². The highest BCUT2D eigenvalue weighted by Crippen LogP contribution is 2.43. The average molecular weight is 787 g/mol. The maximum atomic E-state index is 12.6. The van der Waals surface area contributed by atoms with Crippen LogP contribution in [0.2, 0.25) is 0 Å². The van der Waals surface area contributed by atoms with Gasteiger partial charge in [0.1, 0.15) is 19.8 Å². The normalized spacial score (nSPS) is 13.8. The van der Waals surface area contributed by atoms with Crippen molar-refractivity contribution in [1.29, 1.82) is 0 Å². The van der Waals surface area contributed by atoms with E-state index in [2.05, 4.69) is 13.8 Å². The molecule has 0 aromatic carbocycles. The molecule has 2 unspecified atom stereocenters. The van der Waals surface area contributed by atoms with Gasteiger partial charge in [0.2, 0.25) is 0 Å². The lowest BCUT2D eigenvalue weighted by Crippen LogP contribution is -2.37. The van der Waals surface area contributed by atoms with E-state index in [0.29, 0.717) is 11.0 Å². The van der Waals surface area contributed by atoms with Crippen LogP contribution in [0.1, 0.15) is 194 Å². The number of esters is 2. The van der Waals surface area contributed by atoms with Crippen LogP contribution < -0.4 is 0 Å². The first-order valence-corrected chi connectivity index (χ1v) is 23.6. The predicted molar refractivity (Wildman–Crippen MR) is 224 cm³/mol. The molecule has 2 atom stereocenters. The molecular formula is C44H85NO8P+. The third-order valence-corrected chi connectivity index (χ3v) is 10.6. The van der Waals surface area contributed by atoms with Crippen molar-refractivity contribution < 1.29 is 42.1 Å². The lowest BCUT2D eigenvalue weighted by atomic mass is 10.0. The molecule has 54 heavy (non-hydrogen) atoms. The van der Waals surface area contributed by atoms with Gasteiger partial charge >= 0.3 is 19.8 Å². The fraction of sp³-hybridized carbons (Fsp3) is 0.864. The Hall–Kier alpha value is -1.51. The van der Waals surface area contributed by atoms with Gasteiger partial charge in [0.05, 0.1) is 27.7 Å². The molecule has 0 rings (SSSR count). The van der Waals surface area contributed by atoms with Crippen LogP contribution in [0.3, 0.4) is 0 Å². The lowest BCUT2D eigenvalue weighted by molar-refractivity contribution is -0.870. The van der Waals surface area contributed by atoms with E-state index in [1.54, 1.807) is 12.2 Å². The van der Waals surface area contributed by atoms with Crippen LogP contribution in [0.25, 0.3) is 0 Å². The first-order chi connectivity index (χ1) is 26.0. The fourth-order valence-electron chi connectivity index (χ4n) is 6.11. The monoisotopic (exact) mass is 787 g/mol. The third-order valence-electron chi connectivity index (χ3n) is 9.59. The van der Waals surface area contributed by atoms with E-state index in [-0.39, 0.29) is 13.2 Å². The van der Waals surface area contributed by atoms with Gasteiger partial charge in [-0.1, -0.05) is 180 Å². The summed E-state index contributed by atoms with van der Waals surface area (Å²) < 4.78 is 34.0. The van der Waals surface area contributed by atoms with E-state index >= 15 is 0 Å². The van der Waals surface area contributed by atoms with E-state index in [1.165, 1.54) is 153 Å². The number of carbonyl (C=O) groups excluding carboxylic acids is 2. The summed E-state index contributed by atoms with van der Waals surface area (Å²) in [6, 6.07) is 0. The fourth-order valence-corrected chi connectivity index (χ4v) is 6.85.